The monoisotopic (exact) mass is 730 g/mol. The first kappa shape index (κ1) is 32.2. The number of fused-ring (bicyclic) bond motifs is 11. The Kier molecular flexibility index (Phi) is 6.89. The fraction of sp³-hybridized carbons (Fsp3) is 0.0741. The molecule has 0 spiro atoms. The molecule has 3 aromatic heterocycles. The van der Waals surface area contributed by atoms with Gasteiger partial charge in [0.15, 0.2) is 0 Å². The molecule has 3 nitrogen and oxygen atoms in total. The summed E-state index contributed by atoms with van der Waals surface area (Å²) in [6.45, 7) is 6.28. The van der Waals surface area contributed by atoms with Crippen molar-refractivity contribution in [2.24, 2.45) is 0 Å². The maximum Gasteiger partial charge on any atom is 0.143 e. The highest BCUT2D eigenvalue weighted by Gasteiger charge is 2.23. The summed E-state index contributed by atoms with van der Waals surface area (Å²) in [6, 6.07) is 62.6. The summed E-state index contributed by atoms with van der Waals surface area (Å²) >= 11 is 0. The number of aryl methyl sites for hydroxylation is 2. The Morgan fingerprint density at radius 1 is 0.351 bits per heavy atom. The smallest absolute Gasteiger partial charge is 0.143 e. The number of nitrogens with zero attached hydrogens (tertiary/aromatic N) is 2. The molecule has 0 unspecified atom stereocenters. The Morgan fingerprint density at radius 3 is 1.32 bits per heavy atom. The largest absolute Gasteiger partial charge is 0.455 e. The molecule has 0 aliphatic carbocycles. The Balaban J connectivity index is 1.26. The Bertz CT molecular complexity index is 3430. The summed E-state index contributed by atoms with van der Waals surface area (Å²) in [4.78, 5) is 0. The summed E-state index contributed by atoms with van der Waals surface area (Å²) in [7, 11) is 0. The van der Waals surface area contributed by atoms with Gasteiger partial charge >= 0.3 is 0 Å². The third kappa shape index (κ3) is 4.43. The minimum absolute atomic E-state index is 0.883. The molecule has 0 bridgehead atoms. The van der Waals surface area contributed by atoms with Crippen LogP contribution in [0.4, 0.5) is 0 Å². The standard InChI is InChI=1S/C54H38N2O/c1-3-55-48-29-8-5-16-35(48)42-25-13-23-40(52(42)55)33-19-11-21-38-46(33)32-47-34(41-24-14-26-43-36-17-6-9-30-49(36)56(4-2)53(41)43)20-12-22-39(47)51(38)45-28-15-27-44-37-18-7-10-31-50(37)57-54(44)45/h5-32H,3-4H2,1-2H3. The maximum atomic E-state index is 6.80. The van der Waals surface area contributed by atoms with E-state index in [0.717, 1.165) is 40.6 Å². The van der Waals surface area contributed by atoms with Crippen molar-refractivity contribution in [2.75, 3.05) is 0 Å². The lowest BCUT2D eigenvalue weighted by atomic mass is 9.85. The molecule has 12 aromatic rings. The third-order valence-corrected chi connectivity index (χ3v) is 12.5. The fourth-order valence-electron chi connectivity index (χ4n) is 10.2. The Labute approximate surface area is 329 Å². The van der Waals surface area contributed by atoms with Gasteiger partial charge in [-0.05, 0) is 70.8 Å². The quantitative estimate of drug-likeness (QED) is 0.162. The van der Waals surface area contributed by atoms with Crippen molar-refractivity contribution in [1.29, 1.82) is 0 Å². The molecule has 57 heavy (non-hydrogen) atoms. The first-order chi connectivity index (χ1) is 28.2. The number of aromatic nitrogens is 2. The van der Waals surface area contributed by atoms with E-state index >= 15 is 0 Å². The van der Waals surface area contributed by atoms with Crippen LogP contribution in [0.25, 0.3) is 120 Å². The van der Waals surface area contributed by atoms with Crippen LogP contribution in [0.1, 0.15) is 13.8 Å². The fourth-order valence-corrected chi connectivity index (χ4v) is 10.2. The topological polar surface area (TPSA) is 23.0 Å². The van der Waals surface area contributed by atoms with Crippen molar-refractivity contribution in [2.45, 2.75) is 26.9 Å². The number of rotatable bonds is 5. The minimum Gasteiger partial charge on any atom is -0.455 e. The highest BCUT2D eigenvalue weighted by atomic mass is 16.3. The second-order valence-electron chi connectivity index (χ2n) is 15.3. The molecular weight excluding hydrogens is 693 g/mol. The zero-order chi connectivity index (χ0) is 37.8. The molecule has 3 heteroatoms. The van der Waals surface area contributed by atoms with E-state index in [4.69, 9.17) is 4.42 Å². The number of benzene rings is 9. The lowest BCUT2D eigenvalue weighted by Crippen LogP contribution is -1.97. The molecule has 3 heterocycles. The van der Waals surface area contributed by atoms with Gasteiger partial charge in [0, 0.05) is 78.7 Å². The van der Waals surface area contributed by atoms with Crippen LogP contribution in [0.5, 0.6) is 0 Å². The molecule has 0 N–H and O–H groups in total. The van der Waals surface area contributed by atoms with Crippen molar-refractivity contribution in [3.05, 3.63) is 170 Å². The molecule has 0 saturated carbocycles. The van der Waals surface area contributed by atoms with E-state index in [-0.39, 0.29) is 0 Å². The van der Waals surface area contributed by atoms with Crippen molar-refractivity contribution in [3.63, 3.8) is 0 Å². The minimum atomic E-state index is 0.883. The zero-order valence-electron chi connectivity index (χ0n) is 31.9. The maximum absolute atomic E-state index is 6.80. The van der Waals surface area contributed by atoms with Gasteiger partial charge in [0.25, 0.3) is 0 Å². The second-order valence-corrected chi connectivity index (χ2v) is 15.3. The van der Waals surface area contributed by atoms with Gasteiger partial charge in [0.05, 0.1) is 11.0 Å². The lowest BCUT2D eigenvalue weighted by Gasteiger charge is -2.19. The SMILES string of the molecule is CCn1c2ccccc2c2cccc(-c3cccc4c(-c5cccc6c5oc5ccccc56)c5cccc(-c6cccc7c8ccccc8n(CC)c67)c5cc34)c21. The first-order valence-electron chi connectivity index (χ1n) is 20.1. The number of furan rings is 1. The number of hydrogen-bond donors (Lipinski definition) is 0. The van der Waals surface area contributed by atoms with Gasteiger partial charge in [-0.25, -0.2) is 0 Å². The summed E-state index contributed by atoms with van der Waals surface area (Å²) < 4.78 is 11.8. The van der Waals surface area contributed by atoms with Crippen LogP contribution in [0.3, 0.4) is 0 Å². The van der Waals surface area contributed by atoms with Crippen LogP contribution >= 0.6 is 0 Å². The Hall–Kier alpha value is -7.10. The van der Waals surface area contributed by atoms with E-state index in [2.05, 4.69) is 193 Å². The summed E-state index contributed by atoms with van der Waals surface area (Å²) in [6.07, 6.45) is 0. The molecule has 0 aliphatic rings. The van der Waals surface area contributed by atoms with E-state index < -0.39 is 0 Å². The molecule has 0 amide bonds. The van der Waals surface area contributed by atoms with Crippen LogP contribution in [0, 0.1) is 0 Å². The van der Waals surface area contributed by atoms with E-state index in [1.54, 1.807) is 0 Å². The molecule has 0 radical (unpaired) electrons. The van der Waals surface area contributed by atoms with Crippen LogP contribution in [-0.4, -0.2) is 9.13 Å². The molecule has 0 atom stereocenters. The highest BCUT2D eigenvalue weighted by Crippen LogP contribution is 2.48. The molecule has 0 saturated heterocycles. The van der Waals surface area contributed by atoms with Gasteiger partial charge in [-0.2, -0.15) is 0 Å². The first-order valence-corrected chi connectivity index (χ1v) is 20.1. The number of para-hydroxylation sites is 6. The lowest BCUT2D eigenvalue weighted by molar-refractivity contribution is 0.670. The van der Waals surface area contributed by atoms with Crippen molar-refractivity contribution in [3.8, 4) is 33.4 Å². The average molecular weight is 731 g/mol. The van der Waals surface area contributed by atoms with E-state index in [9.17, 15) is 0 Å². The van der Waals surface area contributed by atoms with Crippen LogP contribution in [-0.2, 0) is 13.1 Å². The van der Waals surface area contributed by atoms with Gasteiger partial charge in [0.1, 0.15) is 11.2 Å². The van der Waals surface area contributed by atoms with Crippen LogP contribution in [0.15, 0.2) is 174 Å². The van der Waals surface area contributed by atoms with Gasteiger partial charge in [-0.15, -0.1) is 0 Å². The van der Waals surface area contributed by atoms with Crippen molar-refractivity contribution in [1.82, 2.24) is 9.13 Å². The van der Waals surface area contributed by atoms with E-state index in [0.29, 0.717) is 0 Å². The average Bonchev–Trinajstić information content (AvgIpc) is 3.93. The molecule has 9 aromatic carbocycles. The predicted molar refractivity (Wildman–Crippen MR) is 242 cm³/mol. The third-order valence-electron chi connectivity index (χ3n) is 12.5. The van der Waals surface area contributed by atoms with E-state index in [1.807, 2.05) is 0 Å². The van der Waals surface area contributed by atoms with Gasteiger partial charge in [-0.1, -0.05) is 146 Å². The van der Waals surface area contributed by atoms with Crippen LogP contribution < -0.4 is 0 Å². The molecule has 0 fully saturated rings. The van der Waals surface area contributed by atoms with Gasteiger partial charge in [0.2, 0.25) is 0 Å². The van der Waals surface area contributed by atoms with Crippen molar-refractivity contribution < 1.29 is 4.42 Å². The van der Waals surface area contributed by atoms with Crippen molar-refractivity contribution >= 4 is 87.1 Å². The summed E-state index contributed by atoms with van der Waals surface area (Å²) in [5.74, 6) is 0. The van der Waals surface area contributed by atoms with Gasteiger partial charge in [-0.3, -0.25) is 0 Å². The number of hydrogen-bond acceptors (Lipinski definition) is 1. The summed E-state index contributed by atoms with van der Waals surface area (Å²) in [5.41, 5.74) is 14.2. The van der Waals surface area contributed by atoms with Gasteiger partial charge < -0.3 is 13.6 Å². The van der Waals surface area contributed by atoms with E-state index in [1.165, 1.54) is 93.0 Å². The predicted octanol–water partition coefficient (Wildman–Crippen LogP) is 15.1. The highest BCUT2D eigenvalue weighted by molar-refractivity contribution is 6.25. The summed E-state index contributed by atoms with van der Waals surface area (Å²) in [5, 5.41) is 12.3. The Morgan fingerprint density at radius 2 is 0.772 bits per heavy atom. The molecule has 270 valence electrons. The van der Waals surface area contributed by atoms with Crippen LogP contribution in [0.2, 0.25) is 0 Å². The molecular formula is C54H38N2O. The molecule has 0 aliphatic heterocycles. The normalized spacial score (nSPS) is 12.2. The molecule has 12 rings (SSSR count). The second kappa shape index (κ2) is 12.2. The zero-order valence-corrected chi connectivity index (χ0v) is 31.9.